The average Bonchev–Trinajstić information content (AvgIpc) is 2.46. The molecule has 94 valence electrons. The fourth-order valence-corrected chi connectivity index (χ4v) is 2.78. The molecule has 2 heteroatoms. The van der Waals surface area contributed by atoms with E-state index in [1.165, 1.54) is 11.3 Å². The Balaban J connectivity index is 2.07. The summed E-state index contributed by atoms with van der Waals surface area (Å²) in [5.41, 5.74) is 4.49. The van der Waals surface area contributed by atoms with Crippen molar-refractivity contribution in [1.29, 1.82) is 5.26 Å². The van der Waals surface area contributed by atoms with E-state index in [-0.39, 0.29) is 0 Å². The molecule has 0 saturated heterocycles. The smallest absolute Gasteiger partial charge is 0.0992 e. The molecule has 0 fully saturated rings. The van der Waals surface area contributed by atoms with Gasteiger partial charge in [0.2, 0.25) is 0 Å². The highest BCUT2D eigenvalue weighted by Gasteiger charge is 2.22. The quantitative estimate of drug-likeness (QED) is 0.765. The summed E-state index contributed by atoms with van der Waals surface area (Å²) < 4.78 is 0. The first kappa shape index (κ1) is 11.8. The van der Waals surface area contributed by atoms with Gasteiger partial charge in [-0.15, -0.1) is 0 Å². The maximum absolute atomic E-state index is 9.04. The molecule has 0 aliphatic carbocycles. The number of nitrogens with zero attached hydrogens (tertiary/aromatic N) is 2. The third-order valence-corrected chi connectivity index (χ3v) is 3.63. The van der Waals surface area contributed by atoms with E-state index >= 15 is 0 Å². The van der Waals surface area contributed by atoms with Crippen LogP contribution >= 0.6 is 0 Å². The Bertz CT molecular complexity index is 640. The Labute approximate surface area is 113 Å². The molecule has 2 aromatic rings. The van der Waals surface area contributed by atoms with E-state index in [0.717, 1.165) is 18.7 Å². The lowest BCUT2D eigenvalue weighted by molar-refractivity contribution is 0.562. The zero-order valence-electron chi connectivity index (χ0n) is 11.0. The van der Waals surface area contributed by atoms with E-state index in [2.05, 4.69) is 48.2 Å². The number of fused-ring (bicyclic) bond motifs is 1. The van der Waals surface area contributed by atoms with Crippen LogP contribution in [0.2, 0.25) is 0 Å². The van der Waals surface area contributed by atoms with Crippen LogP contribution in [0.15, 0.2) is 48.5 Å². The predicted molar refractivity (Wildman–Crippen MR) is 77.5 cm³/mol. The van der Waals surface area contributed by atoms with Crippen molar-refractivity contribution < 1.29 is 0 Å². The number of nitriles is 1. The van der Waals surface area contributed by atoms with E-state index < -0.39 is 0 Å². The first-order chi connectivity index (χ1) is 9.28. The summed E-state index contributed by atoms with van der Waals surface area (Å²) in [7, 11) is 0. The number of benzene rings is 2. The van der Waals surface area contributed by atoms with Gasteiger partial charge in [0.1, 0.15) is 0 Å². The standard InChI is InChI=1S/C17H16N2/c1-13-9-15-6-2-3-8-17(15)19(12-13)16-7-4-5-14(10-16)11-18/h2-8,10,13H,9,12H2,1H3. The molecular weight excluding hydrogens is 232 g/mol. The number of rotatable bonds is 1. The van der Waals surface area contributed by atoms with Crippen LogP contribution in [0, 0.1) is 17.2 Å². The summed E-state index contributed by atoms with van der Waals surface area (Å²) in [5.74, 6) is 0.626. The molecule has 0 spiro atoms. The molecular formula is C17H16N2. The number of anilines is 2. The van der Waals surface area contributed by atoms with E-state index in [1.54, 1.807) is 0 Å². The first-order valence-corrected chi connectivity index (χ1v) is 6.63. The van der Waals surface area contributed by atoms with Crippen LogP contribution in [0.25, 0.3) is 0 Å². The van der Waals surface area contributed by atoms with Gasteiger partial charge in [-0.05, 0) is 42.2 Å². The molecule has 0 bridgehead atoms. The van der Waals surface area contributed by atoms with Gasteiger partial charge in [-0.25, -0.2) is 0 Å². The SMILES string of the molecule is CC1Cc2ccccc2N(c2cccc(C#N)c2)C1. The largest absolute Gasteiger partial charge is 0.341 e. The molecule has 1 unspecified atom stereocenters. The zero-order valence-corrected chi connectivity index (χ0v) is 11.0. The minimum absolute atomic E-state index is 0.626. The van der Waals surface area contributed by atoms with Crippen molar-refractivity contribution >= 4 is 11.4 Å². The highest BCUT2D eigenvalue weighted by Crippen LogP contribution is 2.35. The molecule has 2 nitrogen and oxygen atoms in total. The van der Waals surface area contributed by atoms with Crippen molar-refractivity contribution in [2.75, 3.05) is 11.4 Å². The molecule has 0 N–H and O–H groups in total. The lowest BCUT2D eigenvalue weighted by Crippen LogP contribution is -2.30. The van der Waals surface area contributed by atoms with Crippen molar-refractivity contribution in [3.63, 3.8) is 0 Å². The summed E-state index contributed by atoms with van der Waals surface area (Å²) in [6.07, 6.45) is 1.13. The topological polar surface area (TPSA) is 27.0 Å². The summed E-state index contributed by atoms with van der Waals surface area (Å²) in [4.78, 5) is 2.32. The molecule has 3 rings (SSSR count). The highest BCUT2D eigenvalue weighted by molar-refractivity contribution is 5.69. The lowest BCUT2D eigenvalue weighted by Gasteiger charge is -2.35. The minimum Gasteiger partial charge on any atom is -0.341 e. The van der Waals surface area contributed by atoms with Gasteiger partial charge in [0, 0.05) is 17.9 Å². The van der Waals surface area contributed by atoms with Gasteiger partial charge in [-0.1, -0.05) is 31.2 Å². The van der Waals surface area contributed by atoms with E-state index in [4.69, 9.17) is 5.26 Å². The van der Waals surface area contributed by atoms with Crippen molar-refractivity contribution in [3.8, 4) is 6.07 Å². The Morgan fingerprint density at radius 1 is 1.16 bits per heavy atom. The average molecular weight is 248 g/mol. The summed E-state index contributed by atoms with van der Waals surface area (Å²) in [6.45, 7) is 3.28. The Morgan fingerprint density at radius 2 is 2.00 bits per heavy atom. The predicted octanol–water partition coefficient (Wildman–Crippen LogP) is 3.89. The second-order valence-corrected chi connectivity index (χ2v) is 5.21. The highest BCUT2D eigenvalue weighted by atomic mass is 15.1. The van der Waals surface area contributed by atoms with Gasteiger partial charge >= 0.3 is 0 Å². The molecule has 0 amide bonds. The van der Waals surface area contributed by atoms with Crippen molar-refractivity contribution in [1.82, 2.24) is 0 Å². The monoisotopic (exact) mass is 248 g/mol. The first-order valence-electron chi connectivity index (χ1n) is 6.63. The van der Waals surface area contributed by atoms with Crippen LogP contribution in [-0.2, 0) is 6.42 Å². The summed E-state index contributed by atoms with van der Waals surface area (Å²) in [6, 6.07) is 18.6. The fourth-order valence-electron chi connectivity index (χ4n) is 2.78. The van der Waals surface area contributed by atoms with Crippen molar-refractivity contribution in [3.05, 3.63) is 59.7 Å². The molecule has 0 radical (unpaired) electrons. The third-order valence-electron chi connectivity index (χ3n) is 3.63. The molecule has 1 heterocycles. The van der Waals surface area contributed by atoms with Crippen LogP contribution < -0.4 is 4.90 Å². The van der Waals surface area contributed by atoms with Gasteiger partial charge in [-0.3, -0.25) is 0 Å². The second kappa shape index (κ2) is 4.78. The Morgan fingerprint density at radius 3 is 2.84 bits per heavy atom. The minimum atomic E-state index is 0.626. The number of para-hydroxylation sites is 1. The van der Waals surface area contributed by atoms with Crippen LogP contribution in [-0.4, -0.2) is 6.54 Å². The number of hydrogen-bond donors (Lipinski definition) is 0. The molecule has 1 atom stereocenters. The van der Waals surface area contributed by atoms with Crippen LogP contribution in [0.4, 0.5) is 11.4 Å². The van der Waals surface area contributed by atoms with E-state index in [9.17, 15) is 0 Å². The molecule has 0 aromatic heterocycles. The fraction of sp³-hybridized carbons (Fsp3) is 0.235. The lowest BCUT2D eigenvalue weighted by atomic mass is 9.93. The normalized spacial score (nSPS) is 17.7. The summed E-state index contributed by atoms with van der Waals surface area (Å²) in [5, 5.41) is 9.04. The van der Waals surface area contributed by atoms with E-state index in [0.29, 0.717) is 11.5 Å². The van der Waals surface area contributed by atoms with Gasteiger partial charge < -0.3 is 4.90 Å². The van der Waals surface area contributed by atoms with Gasteiger partial charge in [0.25, 0.3) is 0 Å². The molecule has 2 aromatic carbocycles. The van der Waals surface area contributed by atoms with Gasteiger partial charge in [-0.2, -0.15) is 5.26 Å². The Hall–Kier alpha value is -2.27. The van der Waals surface area contributed by atoms with Gasteiger partial charge in [0.05, 0.1) is 11.6 Å². The van der Waals surface area contributed by atoms with Crippen molar-refractivity contribution in [2.24, 2.45) is 5.92 Å². The number of hydrogen-bond acceptors (Lipinski definition) is 2. The molecule has 1 aliphatic heterocycles. The second-order valence-electron chi connectivity index (χ2n) is 5.21. The molecule has 19 heavy (non-hydrogen) atoms. The summed E-state index contributed by atoms with van der Waals surface area (Å²) >= 11 is 0. The zero-order chi connectivity index (χ0) is 13.2. The molecule has 1 aliphatic rings. The van der Waals surface area contributed by atoms with Crippen LogP contribution in [0.1, 0.15) is 18.1 Å². The maximum atomic E-state index is 9.04. The van der Waals surface area contributed by atoms with Crippen molar-refractivity contribution in [2.45, 2.75) is 13.3 Å². The maximum Gasteiger partial charge on any atom is 0.0992 e. The van der Waals surface area contributed by atoms with Gasteiger partial charge in [0.15, 0.2) is 0 Å². The van der Waals surface area contributed by atoms with Crippen LogP contribution in [0.5, 0.6) is 0 Å². The third kappa shape index (κ3) is 2.20. The Kier molecular flexibility index (Phi) is 2.97. The van der Waals surface area contributed by atoms with E-state index in [1.807, 2.05) is 18.2 Å². The van der Waals surface area contributed by atoms with Crippen LogP contribution in [0.3, 0.4) is 0 Å². The molecule has 0 saturated carbocycles.